The van der Waals surface area contributed by atoms with E-state index in [2.05, 4.69) is 5.32 Å². The second kappa shape index (κ2) is 5.95. The van der Waals surface area contributed by atoms with Gasteiger partial charge in [-0.3, -0.25) is 14.9 Å². The van der Waals surface area contributed by atoms with Crippen LogP contribution in [0.5, 0.6) is 0 Å². The van der Waals surface area contributed by atoms with Gasteiger partial charge in [-0.25, -0.2) is 4.39 Å². The minimum absolute atomic E-state index is 0.0789. The summed E-state index contributed by atoms with van der Waals surface area (Å²) >= 11 is 0. The van der Waals surface area contributed by atoms with Gasteiger partial charge in [-0.1, -0.05) is 0 Å². The third-order valence-electron chi connectivity index (χ3n) is 2.32. The summed E-state index contributed by atoms with van der Waals surface area (Å²) in [5.41, 5.74) is -0.158. The highest BCUT2D eigenvalue weighted by atomic mass is 19.1. The molecule has 0 bridgehead atoms. The van der Waals surface area contributed by atoms with Gasteiger partial charge in [0.2, 0.25) is 5.91 Å². The first kappa shape index (κ1) is 13.9. The predicted octanol–water partition coefficient (Wildman–Crippen LogP) is 1.62. The number of benzene rings is 1. The molecule has 1 aromatic carbocycles. The topological polar surface area (TPSA) is 75.5 Å². The number of anilines is 1. The number of nitrogens with one attached hydrogen (secondary N) is 1. The van der Waals surface area contributed by atoms with Crippen LogP contribution in [0.1, 0.15) is 6.42 Å². The van der Waals surface area contributed by atoms with E-state index in [1.165, 1.54) is 17.0 Å². The van der Waals surface area contributed by atoms with Crippen LogP contribution < -0.4 is 5.32 Å². The Kier molecular flexibility index (Phi) is 4.59. The van der Waals surface area contributed by atoms with Crippen LogP contribution in [-0.2, 0) is 4.79 Å². The van der Waals surface area contributed by atoms with Gasteiger partial charge in [-0.2, -0.15) is 0 Å². The zero-order valence-corrected chi connectivity index (χ0v) is 10.1. The quantitative estimate of drug-likeness (QED) is 0.640. The summed E-state index contributed by atoms with van der Waals surface area (Å²) in [6, 6.07) is 3.34. The largest absolute Gasteiger partial charge is 0.382 e. The van der Waals surface area contributed by atoms with Gasteiger partial charge in [0, 0.05) is 33.1 Å². The first-order valence-electron chi connectivity index (χ1n) is 5.30. The van der Waals surface area contributed by atoms with Crippen molar-refractivity contribution in [3.05, 3.63) is 34.1 Å². The zero-order chi connectivity index (χ0) is 13.7. The van der Waals surface area contributed by atoms with Crippen LogP contribution in [0.15, 0.2) is 18.2 Å². The van der Waals surface area contributed by atoms with Crippen LogP contribution in [0.2, 0.25) is 0 Å². The van der Waals surface area contributed by atoms with E-state index in [0.29, 0.717) is 0 Å². The van der Waals surface area contributed by atoms with Crippen molar-refractivity contribution in [2.45, 2.75) is 6.42 Å². The highest BCUT2D eigenvalue weighted by Gasteiger charge is 2.10. The number of amides is 1. The molecule has 0 radical (unpaired) electrons. The van der Waals surface area contributed by atoms with E-state index < -0.39 is 10.7 Å². The predicted molar refractivity (Wildman–Crippen MR) is 64.9 cm³/mol. The lowest BCUT2D eigenvalue weighted by molar-refractivity contribution is -0.385. The van der Waals surface area contributed by atoms with Crippen molar-refractivity contribution >= 4 is 17.3 Å². The molecule has 6 nitrogen and oxygen atoms in total. The fourth-order valence-electron chi connectivity index (χ4n) is 1.29. The molecule has 0 aliphatic rings. The molecule has 1 amide bonds. The summed E-state index contributed by atoms with van der Waals surface area (Å²) < 4.78 is 13.4. The minimum Gasteiger partial charge on any atom is -0.382 e. The molecule has 0 saturated heterocycles. The number of hydrogen-bond donors (Lipinski definition) is 1. The molecule has 0 aromatic heterocycles. The van der Waals surface area contributed by atoms with Crippen molar-refractivity contribution in [3.8, 4) is 0 Å². The maximum Gasteiger partial charge on any atom is 0.272 e. The van der Waals surface area contributed by atoms with Crippen LogP contribution >= 0.6 is 0 Å². The number of nitrogens with zero attached hydrogens (tertiary/aromatic N) is 2. The van der Waals surface area contributed by atoms with Crippen molar-refractivity contribution < 1.29 is 14.1 Å². The number of nitro benzene ring substituents is 1. The van der Waals surface area contributed by atoms with Crippen molar-refractivity contribution in [2.24, 2.45) is 0 Å². The summed E-state index contributed by atoms with van der Waals surface area (Å²) in [6.07, 6.45) is 0.226. The monoisotopic (exact) mass is 255 g/mol. The lowest BCUT2D eigenvalue weighted by atomic mass is 10.2. The second-order valence-corrected chi connectivity index (χ2v) is 3.89. The first-order chi connectivity index (χ1) is 8.41. The summed E-state index contributed by atoms with van der Waals surface area (Å²) in [6.45, 7) is 0.270. The lowest BCUT2D eigenvalue weighted by Gasteiger charge is -2.11. The van der Waals surface area contributed by atoms with Crippen molar-refractivity contribution in [1.29, 1.82) is 0 Å². The highest BCUT2D eigenvalue weighted by Crippen LogP contribution is 2.20. The Hall–Kier alpha value is -2.18. The van der Waals surface area contributed by atoms with Gasteiger partial charge in [0.05, 0.1) is 16.7 Å². The molecule has 0 fully saturated rings. The number of carbonyl (C=O) groups excluding carboxylic acids is 1. The molecule has 0 saturated carbocycles. The van der Waals surface area contributed by atoms with Crippen molar-refractivity contribution in [3.63, 3.8) is 0 Å². The Morgan fingerprint density at radius 1 is 1.50 bits per heavy atom. The molecule has 0 aliphatic heterocycles. The van der Waals surface area contributed by atoms with E-state index in [-0.39, 0.29) is 30.2 Å². The molecule has 0 unspecified atom stereocenters. The third kappa shape index (κ3) is 3.69. The van der Waals surface area contributed by atoms with Crippen LogP contribution in [0, 0.1) is 15.9 Å². The molecule has 0 heterocycles. The van der Waals surface area contributed by atoms with Gasteiger partial charge >= 0.3 is 0 Å². The zero-order valence-electron chi connectivity index (χ0n) is 10.1. The SMILES string of the molecule is CN(C)C(=O)CCNc1ccc([N+](=O)[O-])cc1F. The summed E-state index contributed by atoms with van der Waals surface area (Å²) in [5.74, 6) is -0.786. The fraction of sp³-hybridized carbons (Fsp3) is 0.364. The van der Waals surface area contributed by atoms with Crippen LogP contribution in [0.25, 0.3) is 0 Å². The number of non-ortho nitro benzene ring substituents is 1. The second-order valence-electron chi connectivity index (χ2n) is 3.89. The third-order valence-corrected chi connectivity index (χ3v) is 2.32. The molecule has 1 N–H and O–H groups in total. The number of rotatable bonds is 5. The number of halogens is 1. The highest BCUT2D eigenvalue weighted by molar-refractivity contribution is 5.76. The molecule has 7 heteroatoms. The fourth-order valence-corrected chi connectivity index (χ4v) is 1.29. The molecule has 0 atom stereocenters. The van der Waals surface area contributed by atoms with Crippen LogP contribution in [-0.4, -0.2) is 36.4 Å². The van der Waals surface area contributed by atoms with Gasteiger partial charge in [0.25, 0.3) is 5.69 Å². The Labute approximate surface area is 104 Å². The Morgan fingerprint density at radius 2 is 2.17 bits per heavy atom. The summed E-state index contributed by atoms with van der Waals surface area (Å²) in [4.78, 5) is 22.4. The number of nitro groups is 1. The molecule has 98 valence electrons. The Bertz CT molecular complexity index is 463. The first-order valence-corrected chi connectivity index (χ1v) is 5.30. The van der Waals surface area contributed by atoms with E-state index in [1.54, 1.807) is 14.1 Å². The van der Waals surface area contributed by atoms with Gasteiger partial charge < -0.3 is 10.2 Å². The summed E-state index contributed by atoms with van der Waals surface area (Å²) in [7, 11) is 3.27. The maximum atomic E-state index is 13.4. The van der Waals surface area contributed by atoms with E-state index in [1.807, 2.05) is 0 Å². The lowest BCUT2D eigenvalue weighted by Crippen LogP contribution is -2.24. The average molecular weight is 255 g/mol. The van der Waals surface area contributed by atoms with Crippen LogP contribution in [0.4, 0.5) is 15.8 Å². The van der Waals surface area contributed by atoms with Gasteiger partial charge in [0.15, 0.2) is 5.82 Å². The van der Waals surface area contributed by atoms with E-state index in [9.17, 15) is 19.3 Å². The van der Waals surface area contributed by atoms with Gasteiger partial charge in [-0.15, -0.1) is 0 Å². The molecule has 0 spiro atoms. The van der Waals surface area contributed by atoms with Crippen LogP contribution in [0.3, 0.4) is 0 Å². The molecule has 0 aliphatic carbocycles. The van der Waals surface area contributed by atoms with Gasteiger partial charge in [-0.05, 0) is 6.07 Å². The Morgan fingerprint density at radius 3 is 2.67 bits per heavy atom. The maximum absolute atomic E-state index is 13.4. The molecular formula is C11H14FN3O3. The molecule has 1 aromatic rings. The van der Waals surface area contributed by atoms with E-state index in [4.69, 9.17) is 0 Å². The standard InChI is InChI=1S/C11H14FN3O3/c1-14(2)11(16)5-6-13-10-4-3-8(15(17)18)7-9(10)12/h3-4,7,13H,5-6H2,1-2H3. The van der Waals surface area contributed by atoms with E-state index in [0.717, 1.165) is 6.07 Å². The smallest absolute Gasteiger partial charge is 0.272 e. The van der Waals surface area contributed by atoms with Crippen molar-refractivity contribution in [1.82, 2.24) is 4.90 Å². The average Bonchev–Trinajstić information content (AvgIpc) is 2.30. The van der Waals surface area contributed by atoms with E-state index >= 15 is 0 Å². The normalized spacial score (nSPS) is 9.94. The van der Waals surface area contributed by atoms with Gasteiger partial charge in [0.1, 0.15) is 0 Å². The number of hydrogen-bond acceptors (Lipinski definition) is 4. The summed E-state index contributed by atoms with van der Waals surface area (Å²) in [5, 5.41) is 13.1. The molecule has 18 heavy (non-hydrogen) atoms. The Balaban J connectivity index is 2.58. The minimum atomic E-state index is -0.707. The molecular weight excluding hydrogens is 241 g/mol. The molecule has 1 rings (SSSR count). The number of carbonyl (C=O) groups is 1. The van der Waals surface area contributed by atoms with Crippen molar-refractivity contribution in [2.75, 3.05) is 26.0 Å².